The third-order valence-electron chi connectivity index (χ3n) is 4.82. The fourth-order valence-corrected chi connectivity index (χ4v) is 3.38. The van der Waals surface area contributed by atoms with Gasteiger partial charge in [-0.05, 0) is 55.7 Å². The van der Waals surface area contributed by atoms with E-state index in [1.807, 2.05) is 0 Å². The summed E-state index contributed by atoms with van der Waals surface area (Å²) in [6, 6.07) is 6.02. The lowest BCUT2D eigenvalue weighted by Gasteiger charge is -2.29. The molecule has 2 heterocycles. The molecule has 21 heavy (non-hydrogen) atoms. The van der Waals surface area contributed by atoms with Crippen LogP contribution in [0.1, 0.15) is 57.7 Å². The molecule has 1 aliphatic heterocycles. The Morgan fingerprint density at radius 2 is 2.10 bits per heavy atom. The molecule has 1 saturated carbocycles. The molecular weight excluding hydrogens is 258 g/mol. The van der Waals surface area contributed by atoms with Gasteiger partial charge in [-0.3, -0.25) is 0 Å². The predicted octanol–water partition coefficient (Wildman–Crippen LogP) is 3.52. The van der Waals surface area contributed by atoms with Gasteiger partial charge in [0.2, 0.25) is 0 Å². The summed E-state index contributed by atoms with van der Waals surface area (Å²) >= 11 is 0. The van der Waals surface area contributed by atoms with Crippen molar-refractivity contribution in [1.82, 2.24) is 10.3 Å². The molecule has 0 aromatic carbocycles. The normalized spacial score (nSPS) is 22.3. The van der Waals surface area contributed by atoms with Gasteiger partial charge in [0.1, 0.15) is 5.82 Å². The molecule has 0 amide bonds. The Labute approximate surface area is 129 Å². The Bertz CT molecular complexity index is 479. The van der Waals surface area contributed by atoms with Crippen LogP contribution in [0, 0.1) is 5.92 Å². The third-order valence-corrected chi connectivity index (χ3v) is 4.82. The predicted molar refractivity (Wildman–Crippen MR) is 88.7 cm³/mol. The number of anilines is 1. The van der Waals surface area contributed by atoms with E-state index in [1.165, 1.54) is 49.3 Å². The fourth-order valence-electron chi connectivity index (χ4n) is 3.38. The van der Waals surface area contributed by atoms with Gasteiger partial charge in [0, 0.05) is 30.9 Å². The molecule has 2 fully saturated rings. The smallest absolute Gasteiger partial charge is 0.129 e. The van der Waals surface area contributed by atoms with Crippen LogP contribution in [-0.4, -0.2) is 23.6 Å². The minimum absolute atomic E-state index is 0.661. The van der Waals surface area contributed by atoms with Gasteiger partial charge < -0.3 is 10.2 Å². The molecule has 2 aliphatic rings. The molecule has 3 rings (SSSR count). The summed E-state index contributed by atoms with van der Waals surface area (Å²) < 4.78 is 0. The maximum absolute atomic E-state index is 4.91. The van der Waals surface area contributed by atoms with Crippen LogP contribution in [0.5, 0.6) is 0 Å². The summed E-state index contributed by atoms with van der Waals surface area (Å²) in [7, 11) is 0. The Balaban J connectivity index is 1.80. The van der Waals surface area contributed by atoms with Gasteiger partial charge in [0.15, 0.2) is 0 Å². The summed E-state index contributed by atoms with van der Waals surface area (Å²) in [5.74, 6) is 1.91. The lowest BCUT2D eigenvalue weighted by molar-refractivity contribution is 0.489. The molecule has 3 nitrogen and oxygen atoms in total. The van der Waals surface area contributed by atoms with Gasteiger partial charge in [-0.25, -0.2) is 4.98 Å². The maximum atomic E-state index is 4.91. The summed E-state index contributed by atoms with van der Waals surface area (Å²) in [6.45, 7) is 9.03. The van der Waals surface area contributed by atoms with Crippen molar-refractivity contribution in [2.75, 3.05) is 11.4 Å². The van der Waals surface area contributed by atoms with Crippen molar-refractivity contribution >= 4 is 5.82 Å². The van der Waals surface area contributed by atoms with Crippen LogP contribution in [-0.2, 0) is 13.0 Å². The molecule has 116 valence electrons. The van der Waals surface area contributed by atoms with Crippen molar-refractivity contribution in [3.8, 4) is 0 Å². The number of rotatable bonds is 6. The Morgan fingerprint density at radius 1 is 1.29 bits per heavy atom. The molecule has 0 bridgehead atoms. The molecule has 1 saturated heterocycles. The first-order valence-electron chi connectivity index (χ1n) is 8.67. The quantitative estimate of drug-likeness (QED) is 0.867. The van der Waals surface area contributed by atoms with Crippen LogP contribution in [0.15, 0.2) is 12.1 Å². The van der Waals surface area contributed by atoms with E-state index >= 15 is 0 Å². The largest absolute Gasteiger partial charge is 0.353 e. The summed E-state index contributed by atoms with van der Waals surface area (Å²) in [5, 5.41) is 3.63. The van der Waals surface area contributed by atoms with Crippen molar-refractivity contribution in [3.63, 3.8) is 0 Å². The zero-order valence-electron chi connectivity index (χ0n) is 13.7. The average Bonchev–Trinajstić information content (AvgIpc) is 3.18. The molecule has 1 N–H and O–H groups in total. The number of pyridine rings is 1. The van der Waals surface area contributed by atoms with E-state index < -0.39 is 0 Å². The second-order valence-corrected chi connectivity index (χ2v) is 6.98. The van der Waals surface area contributed by atoms with Crippen molar-refractivity contribution in [3.05, 3.63) is 23.4 Å². The van der Waals surface area contributed by atoms with Gasteiger partial charge in [0.05, 0.1) is 0 Å². The molecular formula is C18H29N3. The van der Waals surface area contributed by atoms with Crippen LogP contribution >= 0.6 is 0 Å². The van der Waals surface area contributed by atoms with E-state index in [0.717, 1.165) is 19.0 Å². The standard InChI is InChI=1S/C18H29N3/c1-4-15-10-14(12-19-16-7-8-16)11-18(20-15)21-9-5-6-17(21)13(2)3/h10-11,13,16-17,19H,4-9,12H2,1-3H3. The zero-order chi connectivity index (χ0) is 14.8. The minimum atomic E-state index is 0.661. The summed E-state index contributed by atoms with van der Waals surface area (Å²) in [4.78, 5) is 7.45. The maximum Gasteiger partial charge on any atom is 0.129 e. The molecule has 0 radical (unpaired) electrons. The zero-order valence-corrected chi connectivity index (χ0v) is 13.7. The second-order valence-electron chi connectivity index (χ2n) is 6.98. The van der Waals surface area contributed by atoms with Crippen LogP contribution in [0.25, 0.3) is 0 Å². The highest BCUT2D eigenvalue weighted by atomic mass is 15.2. The lowest BCUT2D eigenvalue weighted by Crippen LogP contribution is -2.34. The van der Waals surface area contributed by atoms with Gasteiger partial charge in [0.25, 0.3) is 0 Å². The van der Waals surface area contributed by atoms with Crippen molar-refractivity contribution in [1.29, 1.82) is 0 Å². The first-order chi connectivity index (χ1) is 10.2. The van der Waals surface area contributed by atoms with Gasteiger partial charge >= 0.3 is 0 Å². The van der Waals surface area contributed by atoms with E-state index in [2.05, 4.69) is 43.1 Å². The van der Waals surface area contributed by atoms with Gasteiger partial charge in [-0.15, -0.1) is 0 Å². The van der Waals surface area contributed by atoms with Gasteiger partial charge in [-0.2, -0.15) is 0 Å². The topological polar surface area (TPSA) is 28.2 Å². The van der Waals surface area contributed by atoms with E-state index in [4.69, 9.17) is 4.98 Å². The van der Waals surface area contributed by atoms with E-state index in [0.29, 0.717) is 12.0 Å². The molecule has 1 aromatic rings. The minimum Gasteiger partial charge on any atom is -0.353 e. The number of nitrogens with one attached hydrogen (secondary N) is 1. The van der Waals surface area contributed by atoms with E-state index in [9.17, 15) is 0 Å². The van der Waals surface area contributed by atoms with Crippen LogP contribution < -0.4 is 10.2 Å². The molecule has 3 heteroatoms. The van der Waals surface area contributed by atoms with Crippen LogP contribution in [0.2, 0.25) is 0 Å². The molecule has 0 spiro atoms. The lowest BCUT2D eigenvalue weighted by atomic mass is 10.0. The fraction of sp³-hybridized carbons (Fsp3) is 0.722. The van der Waals surface area contributed by atoms with E-state index in [1.54, 1.807) is 0 Å². The highest BCUT2D eigenvalue weighted by Gasteiger charge is 2.28. The van der Waals surface area contributed by atoms with Crippen molar-refractivity contribution < 1.29 is 0 Å². The van der Waals surface area contributed by atoms with Gasteiger partial charge in [-0.1, -0.05) is 20.8 Å². The Kier molecular flexibility index (Phi) is 4.48. The van der Waals surface area contributed by atoms with Crippen molar-refractivity contribution in [2.45, 2.75) is 71.5 Å². The van der Waals surface area contributed by atoms with Crippen molar-refractivity contribution in [2.24, 2.45) is 5.92 Å². The number of aromatic nitrogens is 1. The molecule has 1 aromatic heterocycles. The molecule has 1 unspecified atom stereocenters. The Morgan fingerprint density at radius 3 is 2.76 bits per heavy atom. The summed E-state index contributed by atoms with van der Waals surface area (Å²) in [6.07, 6.45) is 6.33. The number of aryl methyl sites for hydroxylation is 1. The van der Waals surface area contributed by atoms with Crippen LogP contribution in [0.3, 0.4) is 0 Å². The first-order valence-corrected chi connectivity index (χ1v) is 8.67. The SMILES string of the molecule is CCc1cc(CNC2CC2)cc(N2CCCC2C(C)C)n1. The summed E-state index contributed by atoms with van der Waals surface area (Å²) in [5.41, 5.74) is 2.63. The number of hydrogen-bond acceptors (Lipinski definition) is 3. The van der Waals surface area contributed by atoms with Crippen LogP contribution in [0.4, 0.5) is 5.82 Å². The number of hydrogen-bond donors (Lipinski definition) is 1. The highest BCUT2D eigenvalue weighted by Crippen LogP contribution is 2.29. The van der Waals surface area contributed by atoms with E-state index in [-0.39, 0.29) is 0 Å². The first kappa shape index (κ1) is 14.8. The highest BCUT2D eigenvalue weighted by molar-refractivity contribution is 5.45. The second kappa shape index (κ2) is 6.35. The third kappa shape index (κ3) is 3.57. The molecule has 1 aliphatic carbocycles. The monoisotopic (exact) mass is 287 g/mol. The number of nitrogens with zero attached hydrogens (tertiary/aromatic N) is 2. The molecule has 1 atom stereocenters. The Hall–Kier alpha value is -1.09. The average molecular weight is 287 g/mol.